The van der Waals surface area contributed by atoms with E-state index < -0.39 is 46.8 Å². The smallest absolute Gasteiger partial charge is 0.260 e. The van der Waals surface area contributed by atoms with Crippen LogP contribution in [0.5, 0.6) is 11.5 Å². The Hall–Kier alpha value is -5.36. The van der Waals surface area contributed by atoms with E-state index in [2.05, 4.69) is 10.3 Å². The number of anilines is 3. The second kappa shape index (κ2) is 14.0. The van der Waals surface area contributed by atoms with Gasteiger partial charge in [0, 0.05) is 35.3 Å². The summed E-state index contributed by atoms with van der Waals surface area (Å²) in [5.41, 5.74) is 4.88. The number of para-hydroxylation sites is 1. The van der Waals surface area contributed by atoms with Gasteiger partial charge in [0.2, 0.25) is 11.8 Å². The lowest BCUT2D eigenvalue weighted by Crippen LogP contribution is -2.53. The first-order valence-electron chi connectivity index (χ1n) is 18.7. The SMILES string of the molecule is COc1ccc(C23C(=O)N(Nc4ccc(Cl)cc4Cl)C(=O)C2CC2C(=CCC4C(=O)N(c5ccc(N6CCOCC6)cc5)C(=O)C42)C3c2ccccc2O)cc1. The molecule has 0 bridgehead atoms. The summed E-state index contributed by atoms with van der Waals surface area (Å²) in [4.78, 5) is 62.8. The molecule has 9 rings (SSSR count). The molecule has 2 aliphatic carbocycles. The number of fused-ring (bicyclic) bond motifs is 4. The third-order valence-electron chi connectivity index (χ3n) is 12.3. The average molecular weight is 794 g/mol. The van der Waals surface area contributed by atoms with Crippen LogP contribution >= 0.6 is 23.2 Å². The van der Waals surface area contributed by atoms with Crippen molar-refractivity contribution in [3.8, 4) is 11.5 Å². The number of hydrogen-bond acceptors (Lipinski definition) is 9. The summed E-state index contributed by atoms with van der Waals surface area (Å²) in [5.74, 6) is -5.18. The Bertz CT molecular complexity index is 2290. The zero-order chi connectivity index (χ0) is 38.9. The minimum Gasteiger partial charge on any atom is -0.508 e. The first-order valence-corrected chi connectivity index (χ1v) is 19.4. The van der Waals surface area contributed by atoms with Gasteiger partial charge in [0.1, 0.15) is 11.5 Å². The topological polar surface area (TPSA) is 129 Å². The number of carbonyl (C=O) groups excluding carboxylic acids is 4. The Kier molecular flexibility index (Phi) is 9.06. The number of nitrogens with one attached hydrogen (secondary N) is 1. The van der Waals surface area contributed by atoms with Crippen molar-refractivity contribution in [1.29, 1.82) is 0 Å². The van der Waals surface area contributed by atoms with Gasteiger partial charge >= 0.3 is 0 Å². The van der Waals surface area contributed by atoms with E-state index in [0.29, 0.717) is 46.5 Å². The fourth-order valence-electron chi connectivity index (χ4n) is 9.81. The van der Waals surface area contributed by atoms with Crippen molar-refractivity contribution in [1.82, 2.24) is 5.01 Å². The molecule has 11 nitrogen and oxygen atoms in total. The third-order valence-corrected chi connectivity index (χ3v) is 12.9. The summed E-state index contributed by atoms with van der Waals surface area (Å²) >= 11 is 12.7. The molecule has 4 amide bonds. The van der Waals surface area contributed by atoms with E-state index >= 15 is 4.79 Å². The molecule has 2 N–H and O–H groups in total. The van der Waals surface area contributed by atoms with Gasteiger partial charge in [-0.2, -0.15) is 5.01 Å². The Labute approximate surface area is 333 Å². The molecule has 1 saturated carbocycles. The fourth-order valence-corrected chi connectivity index (χ4v) is 10.3. The van der Waals surface area contributed by atoms with Gasteiger partial charge in [0.25, 0.3) is 11.8 Å². The molecule has 0 radical (unpaired) electrons. The van der Waals surface area contributed by atoms with Crippen LogP contribution in [0.25, 0.3) is 0 Å². The van der Waals surface area contributed by atoms with Gasteiger partial charge in [-0.1, -0.05) is 65.2 Å². The lowest BCUT2D eigenvalue weighted by atomic mass is 9.49. The number of nitrogens with zero attached hydrogens (tertiary/aromatic N) is 3. The molecule has 0 aromatic heterocycles. The highest BCUT2D eigenvalue weighted by Crippen LogP contribution is 2.65. The van der Waals surface area contributed by atoms with Crippen LogP contribution in [0.1, 0.15) is 29.9 Å². The number of phenolic OH excluding ortho intramolecular Hbond substituents is 1. The van der Waals surface area contributed by atoms with Crippen molar-refractivity contribution in [2.24, 2.45) is 23.7 Å². The van der Waals surface area contributed by atoms with Crippen molar-refractivity contribution in [3.05, 3.63) is 124 Å². The molecule has 3 aliphatic heterocycles. The summed E-state index contributed by atoms with van der Waals surface area (Å²) in [6, 6.07) is 26.0. The Balaban J connectivity index is 1.17. The highest BCUT2D eigenvalue weighted by Gasteiger charge is 2.70. The van der Waals surface area contributed by atoms with E-state index in [-0.39, 0.29) is 35.4 Å². The van der Waals surface area contributed by atoms with Crippen molar-refractivity contribution in [2.45, 2.75) is 24.2 Å². The van der Waals surface area contributed by atoms with Crippen LogP contribution in [-0.2, 0) is 29.3 Å². The number of ether oxygens (including phenoxy) is 2. The Morgan fingerprint density at radius 1 is 0.839 bits per heavy atom. The molecular weight excluding hydrogens is 755 g/mol. The second-order valence-electron chi connectivity index (χ2n) is 14.9. The maximum Gasteiger partial charge on any atom is 0.260 e. The largest absolute Gasteiger partial charge is 0.508 e. The van der Waals surface area contributed by atoms with Crippen LogP contribution in [-0.4, -0.2) is 67.2 Å². The number of aromatic hydroxyl groups is 1. The molecule has 4 aromatic carbocycles. The average Bonchev–Trinajstić information content (AvgIpc) is 3.60. The maximum atomic E-state index is 15.4. The number of phenols is 1. The second-order valence-corrected chi connectivity index (χ2v) is 15.7. The molecule has 5 aliphatic rings. The first-order chi connectivity index (χ1) is 27.1. The van der Waals surface area contributed by atoms with Crippen LogP contribution in [0.4, 0.5) is 17.1 Å². The standard InChI is InChI=1S/C43H38Cl2N4O7/c1-55-28-13-6-24(7-14-28)43-33(40(52)49(42(43)54)46-35-17-8-25(44)22-34(35)45)23-32-29(38(43)30-4-2-3-5-36(30)50)15-16-31-37(32)41(53)48(39(31)51)27-11-9-26(10-12-27)47-18-20-56-21-19-47/h2-15,17,22,31-33,37-38,46,50H,16,18-21,23H2,1H3. The molecule has 3 heterocycles. The van der Waals surface area contributed by atoms with Crippen LogP contribution < -0.4 is 20.0 Å². The number of amides is 4. The fraction of sp³-hybridized carbons (Fsp3) is 0.302. The number of methoxy groups -OCH3 is 1. The molecule has 56 heavy (non-hydrogen) atoms. The summed E-state index contributed by atoms with van der Waals surface area (Å²) in [7, 11) is 1.54. The van der Waals surface area contributed by atoms with Gasteiger partial charge in [-0.15, -0.1) is 0 Å². The molecule has 6 unspecified atom stereocenters. The monoisotopic (exact) mass is 792 g/mol. The number of hydrazine groups is 1. The van der Waals surface area contributed by atoms with Crippen LogP contribution in [0, 0.1) is 23.7 Å². The molecule has 6 atom stereocenters. The van der Waals surface area contributed by atoms with E-state index in [1.165, 1.54) is 11.0 Å². The minimum atomic E-state index is -1.58. The van der Waals surface area contributed by atoms with Crippen molar-refractivity contribution < 1.29 is 33.8 Å². The van der Waals surface area contributed by atoms with Crippen LogP contribution in [0.15, 0.2) is 103 Å². The highest BCUT2D eigenvalue weighted by atomic mass is 35.5. The predicted molar refractivity (Wildman–Crippen MR) is 211 cm³/mol. The van der Waals surface area contributed by atoms with Crippen molar-refractivity contribution in [2.75, 3.05) is 48.6 Å². The number of morpholine rings is 1. The van der Waals surface area contributed by atoms with E-state index in [0.717, 1.165) is 29.4 Å². The number of rotatable bonds is 7. The van der Waals surface area contributed by atoms with Gasteiger partial charge in [-0.3, -0.25) is 29.5 Å². The number of carbonyl (C=O) groups is 4. The number of imide groups is 2. The number of halogens is 2. The van der Waals surface area contributed by atoms with Gasteiger partial charge in [0.15, 0.2) is 0 Å². The molecule has 0 spiro atoms. The van der Waals surface area contributed by atoms with E-state index in [4.69, 9.17) is 32.7 Å². The number of allylic oxidation sites excluding steroid dienone is 2. The van der Waals surface area contributed by atoms with Crippen LogP contribution in [0.2, 0.25) is 10.0 Å². The summed E-state index contributed by atoms with van der Waals surface area (Å²) in [6.07, 6.45) is 2.31. The normalized spacial score (nSPS) is 27.2. The molecule has 4 aromatic rings. The Morgan fingerprint density at radius 3 is 2.25 bits per heavy atom. The minimum absolute atomic E-state index is 0.0592. The van der Waals surface area contributed by atoms with E-state index in [1.807, 2.05) is 18.2 Å². The summed E-state index contributed by atoms with van der Waals surface area (Å²) in [6.45, 7) is 2.76. The van der Waals surface area contributed by atoms with Crippen molar-refractivity contribution in [3.63, 3.8) is 0 Å². The molecular formula is C43H38Cl2N4O7. The Morgan fingerprint density at radius 2 is 1.55 bits per heavy atom. The molecule has 3 saturated heterocycles. The molecule has 286 valence electrons. The molecule has 4 fully saturated rings. The van der Waals surface area contributed by atoms with Crippen LogP contribution in [0.3, 0.4) is 0 Å². The maximum absolute atomic E-state index is 15.4. The summed E-state index contributed by atoms with van der Waals surface area (Å²) < 4.78 is 11.0. The quantitative estimate of drug-likeness (QED) is 0.155. The third kappa shape index (κ3) is 5.50. The van der Waals surface area contributed by atoms with E-state index in [9.17, 15) is 19.5 Å². The number of benzene rings is 4. The van der Waals surface area contributed by atoms with Gasteiger partial charge in [-0.25, -0.2) is 0 Å². The zero-order valence-corrected chi connectivity index (χ0v) is 31.9. The number of hydrogen-bond donors (Lipinski definition) is 2. The lowest BCUT2D eigenvalue weighted by Gasteiger charge is -2.50. The van der Waals surface area contributed by atoms with E-state index in [1.54, 1.807) is 79.9 Å². The van der Waals surface area contributed by atoms with Gasteiger partial charge < -0.3 is 19.5 Å². The van der Waals surface area contributed by atoms with Gasteiger partial charge in [-0.05, 0) is 85.0 Å². The zero-order valence-electron chi connectivity index (χ0n) is 30.4. The summed E-state index contributed by atoms with van der Waals surface area (Å²) in [5, 5.41) is 13.2. The lowest BCUT2D eigenvalue weighted by molar-refractivity contribution is -0.138. The first kappa shape index (κ1) is 36.3. The van der Waals surface area contributed by atoms with Crippen molar-refractivity contribution >= 4 is 63.9 Å². The molecule has 13 heteroatoms. The predicted octanol–water partition coefficient (Wildman–Crippen LogP) is 6.73. The highest BCUT2D eigenvalue weighted by molar-refractivity contribution is 6.36. The van der Waals surface area contributed by atoms with Gasteiger partial charge in [0.05, 0.1) is 59.9 Å².